The van der Waals surface area contributed by atoms with Gasteiger partial charge in [-0.05, 0) is 31.5 Å². The van der Waals surface area contributed by atoms with Crippen LogP contribution in [0.25, 0.3) is 0 Å². The van der Waals surface area contributed by atoms with Crippen molar-refractivity contribution in [3.8, 4) is 0 Å². The average molecular weight is 322 g/mol. The fourth-order valence-corrected chi connectivity index (χ4v) is 2.36. The first-order chi connectivity index (χ1) is 11.0. The van der Waals surface area contributed by atoms with E-state index in [1.54, 1.807) is 25.6 Å². The highest BCUT2D eigenvalue weighted by atomic mass is 19.1. The number of benzene rings is 1. The minimum absolute atomic E-state index is 0.140. The van der Waals surface area contributed by atoms with Gasteiger partial charge in [-0.25, -0.2) is 18.6 Å². The normalized spacial score (nSPS) is 13.4. The minimum atomic E-state index is -0.592. The van der Waals surface area contributed by atoms with E-state index >= 15 is 0 Å². The molecule has 0 aliphatic rings. The predicted molar refractivity (Wildman–Crippen MR) is 82.7 cm³/mol. The molecule has 1 heterocycles. The topological polar surface area (TPSA) is 59.0 Å². The van der Waals surface area contributed by atoms with Gasteiger partial charge < -0.3 is 15.2 Å². The van der Waals surface area contributed by atoms with Gasteiger partial charge in [0.15, 0.2) is 0 Å². The molecule has 0 aliphatic carbocycles. The zero-order valence-corrected chi connectivity index (χ0v) is 13.1. The van der Waals surface area contributed by atoms with E-state index in [4.69, 9.17) is 0 Å². The quantitative estimate of drug-likeness (QED) is 0.859. The third kappa shape index (κ3) is 4.77. The summed E-state index contributed by atoms with van der Waals surface area (Å²) < 4.78 is 29.0. The molecule has 2 atom stereocenters. The highest BCUT2D eigenvalue weighted by molar-refractivity contribution is 5.74. The van der Waals surface area contributed by atoms with Crippen molar-refractivity contribution >= 4 is 6.03 Å². The molecule has 2 aromatic rings. The standard InChI is InChI=1S/C16H20F2N4O/c1-3-15(13-8-12(17)4-5-14(13)18)21-16(23)20-11(2)9-22-7-6-19-10-22/h4-8,10-11,15H,3,9H2,1-2H3,(H2,20,21,23)/t11-,15+/m0/s1. The Hall–Kier alpha value is -2.44. The minimum Gasteiger partial charge on any atom is -0.335 e. The van der Waals surface area contributed by atoms with Gasteiger partial charge >= 0.3 is 6.03 Å². The van der Waals surface area contributed by atoms with Gasteiger partial charge in [0.1, 0.15) is 11.6 Å². The number of hydrogen-bond donors (Lipinski definition) is 2. The number of nitrogens with one attached hydrogen (secondary N) is 2. The molecule has 2 N–H and O–H groups in total. The van der Waals surface area contributed by atoms with Crippen LogP contribution in [0.5, 0.6) is 0 Å². The highest BCUT2D eigenvalue weighted by Crippen LogP contribution is 2.21. The monoisotopic (exact) mass is 322 g/mol. The number of halogens is 2. The Morgan fingerprint density at radius 2 is 2.13 bits per heavy atom. The van der Waals surface area contributed by atoms with Crippen LogP contribution in [0.2, 0.25) is 0 Å². The van der Waals surface area contributed by atoms with Gasteiger partial charge in [-0.3, -0.25) is 0 Å². The molecule has 1 aromatic carbocycles. The summed E-state index contributed by atoms with van der Waals surface area (Å²) in [5, 5.41) is 5.45. The fraction of sp³-hybridized carbons (Fsp3) is 0.375. The third-order valence-corrected chi connectivity index (χ3v) is 3.47. The molecule has 1 aromatic heterocycles. The molecule has 23 heavy (non-hydrogen) atoms. The molecule has 0 spiro atoms. The SMILES string of the molecule is CC[C@@H](NC(=O)N[C@@H](C)Cn1ccnc1)c1cc(F)ccc1F. The van der Waals surface area contributed by atoms with Crippen LogP contribution in [0.4, 0.5) is 13.6 Å². The van der Waals surface area contributed by atoms with Gasteiger partial charge in [-0.1, -0.05) is 6.92 Å². The van der Waals surface area contributed by atoms with Gasteiger partial charge in [-0.2, -0.15) is 0 Å². The van der Waals surface area contributed by atoms with E-state index in [9.17, 15) is 13.6 Å². The Morgan fingerprint density at radius 3 is 2.78 bits per heavy atom. The van der Waals surface area contributed by atoms with Crippen molar-refractivity contribution in [2.45, 2.75) is 38.9 Å². The second-order valence-electron chi connectivity index (χ2n) is 5.40. The van der Waals surface area contributed by atoms with Crippen molar-refractivity contribution in [1.29, 1.82) is 0 Å². The molecule has 0 aliphatic heterocycles. The molecule has 124 valence electrons. The van der Waals surface area contributed by atoms with Gasteiger partial charge in [0.2, 0.25) is 0 Å². The number of amides is 2. The molecule has 0 saturated heterocycles. The predicted octanol–water partition coefficient (Wildman–Crippen LogP) is 3.00. The summed E-state index contributed by atoms with van der Waals surface area (Å²) in [5.74, 6) is -1.07. The van der Waals surface area contributed by atoms with Crippen LogP contribution in [0.15, 0.2) is 36.9 Å². The molecule has 0 fully saturated rings. The first-order valence-corrected chi connectivity index (χ1v) is 7.47. The number of nitrogens with zero attached hydrogens (tertiary/aromatic N) is 2. The Morgan fingerprint density at radius 1 is 1.35 bits per heavy atom. The maximum Gasteiger partial charge on any atom is 0.315 e. The molecule has 2 amide bonds. The van der Waals surface area contributed by atoms with Crippen LogP contribution >= 0.6 is 0 Å². The summed E-state index contributed by atoms with van der Waals surface area (Å²) in [7, 11) is 0. The van der Waals surface area contributed by atoms with Crippen LogP contribution in [0.3, 0.4) is 0 Å². The number of urea groups is 1. The Labute approximate surface area is 133 Å². The summed E-state index contributed by atoms with van der Waals surface area (Å²) >= 11 is 0. The van der Waals surface area contributed by atoms with Gasteiger partial charge in [0, 0.05) is 30.5 Å². The molecule has 0 saturated carbocycles. The first-order valence-electron chi connectivity index (χ1n) is 7.47. The van der Waals surface area contributed by atoms with E-state index in [-0.39, 0.29) is 11.6 Å². The fourth-order valence-electron chi connectivity index (χ4n) is 2.36. The zero-order valence-electron chi connectivity index (χ0n) is 13.1. The number of carbonyl (C=O) groups is 1. The second kappa shape index (κ2) is 7.71. The lowest BCUT2D eigenvalue weighted by Gasteiger charge is -2.21. The highest BCUT2D eigenvalue weighted by Gasteiger charge is 2.18. The third-order valence-electron chi connectivity index (χ3n) is 3.47. The van der Waals surface area contributed by atoms with Crippen LogP contribution in [-0.2, 0) is 6.54 Å². The largest absolute Gasteiger partial charge is 0.335 e. The van der Waals surface area contributed by atoms with Crippen molar-refractivity contribution in [3.05, 3.63) is 54.1 Å². The lowest BCUT2D eigenvalue weighted by Crippen LogP contribution is -2.43. The number of imidazole rings is 1. The molecule has 7 heteroatoms. The Bertz CT molecular complexity index is 646. The van der Waals surface area contributed by atoms with Crippen LogP contribution < -0.4 is 10.6 Å². The smallest absolute Gasteiger partial charge is 0.315 e. The Kier molecular flexibility index (Phi) is 5.67. The summed E-state index contributed by atoms with van der Waals surface area (Å²) in [4.78, 5) is 16.0. The van der Waals surface area contributed by atoms with Crippen molar-refractivity contribution in [1.82, 2.24) is 20.2 Å². The molecular weight excluding hydrogens is 302 g/mol. The molecular formula is C16H20F2N4O. The summed E-state index contributed by atoms with van der Waals surface area (Å²) in [6, 6.07) is 2.07. The van der Waals surface area contributed by atoms with E-state index < -0.39 is 23.7 Å². The lowest BCUT2D eigenvalue weighted by atomic mass is 10.0. The Balaban J connectivity index is 1.95. The van der Waals surface area contributed by atoms with Crippen molar-refractivity contribution in [3.63, 3.8) is 0 Å². The van der Waals surface area contributed by atoms with Gasteiger partial charge in [0.25, 0.3) is 0 Å². The average Bonchev–Trinajstić information content (AvgIpc) is 3.00. The van der Waals surface area contributed by atoms with E-state index in [2.05, 4.69) is 15.6 Å². The molecule has 2 rings (SSSR count). The summed E-state index contributed by atoms with van der Waals surface area (Å²) in [6.07, 6.45) is 5.57. The van der Waals surface area contributed by atoms with Crippen LogP contribution in [0, 0.1) is 11.6 Å². The van der Waals surface area contributed by atoms with Crippen molar-refractivity contribution in [2.24, 2.45) is 0 Å². The first kappa shape index (κ1) is 16.9. The summed E-state index contributed by atoms with van der Waals surface area (Å²) in [5.41, 5.74) is 0.143. The molecule has 0 radical (unpaired) electrons. The molecule has 0 unspecified atom stereocenters. The van der Waals surface area contributed by atoms with Crippen molar-refractivity contribution < 1.29 is 13.6 Å². The molecule has 5 nitrogen and oxygen atoms in total. The maximum absolute atomic E-state index is 13.8. The van der Waals surface area contributed by atoms with E-state index in [1.807, 2.05) is 11.5 Å². The van der Waals surface area contributed by atoms with Crippen molar-refractivity contribution in [2.75, 3.05) is 0 Å². The van der Waals surface area contributed by atoms with Crippen LogP contribution in [0.1, 0.15) is 31.9 Å². The lowest BCUT2D eigenvalue weighted by molar-refractivity contribution is 0.232. The van der Waals surface area contributed by atoms with Gasteiger partial charge in [-0.15, -0.1) is 0 Å². The van der Waals surface area contributed by atoms with E-state index in [0.29, 0.717) is 13.0 Å². The number of carbonyl (C=O) groups excluding carboxylic acids is 1. The number of rotatable bonds is 6. The second-order valence-corrected chi connectivity index (χ2v) is 5.40. The van der Waals surface area contributed by atoms with Gasteiger partial charge in [0.05, 0.1) is 12.4 Å². The van der Waals surface area contributed by atoms with E-state index in [0.717, 1.165) is 18.2 Å². The number of hydrogen-bond acceptors (Lipinski definition) is 2. The maximum atomic E-state index is 13.8. The summed E-state index contributed by atoms with van der Waals surface area (Å²) in [6.45, 7) is 4.21. The zero-order chi connectivity index (χ0) is 16.8. The van der Waals surface area contributed by atoms with E-state index in [1.165, 1.54) is 0 Å². The molecule has 0 bridgehead atoms. The number of aromatic nitrogens is 2. The van der Waals surface area contributed by atoms with Crippen LogP contribution in [-0.4, -0.2) is 21.6 Å².